The van der Waals surface area contributed by atoms with Gasteiger partial charge in [-0.15, -0.1) is 0 Å². The number of aromatic amines is 1. The summed E-state index contributed by atoms with van der Waals surface area (Å²) in [6, 6.07) is 5.63. The highest BCUT2D eigenvalue weighted by atomic mass is 16.5. The number of aromatic nitrogens is 5. The van der Waals surface area contributed by atoms with Crippen molar-refractivity contribution in [1.82, 2.24) is 24.5 Å². The average molecular weight is 466 g/mol. The predicted molar refractivity (Wildman–Crippen MR) is 128 cm³/mol. The summed E-state index contributed by atoms with van der Waals surface area (Å²) in [7, 11) is 4.73. The molecule has 11 heteroatoms. The van der Waals surface area contributed by atoms with Gasteiger partial charge in [0.25, 0.3) is 0 Å². The Labute approximate surface area is 196 Å². The maximum Gasteiger partial charge on any atom is 0.228 e. The minimum atomic E-state index is 0.0310. The Balaban J connectivity index is 1.47. The number of nitrogens with zero attached hydrogens (tertiary/aromatic N) is 5. The first-order valence-corrected chi connectivity index (χ1v) is 11.0. The summed E-state index contributed by atoms with van der Waals surface area (Å²) >= 11 is 0. The molecule has 5 rings (SSSR count). The number of ether oxygens (including phenoxy) is 3. The summed E-state index contributed by atoms with van der Waals surface area (Å²) < 4.78 is 18.2. The van der Waals surface area contributed by atoms with E-state index in [1.165, 1.54) is 0 Å². The molecule has 0 aliphatic carbocycles. The van der Waals surface area contributed by atoms with Gasteiger partial charge in [0, 0.05) is 24.9 Å². The van der Waals surface area contributed by atoms with Gasteiger partial charge in [-0.3, -0.25) is 0 Å². The van der Waals surface area contributed by atoms with Gasteiger partial charge in [0.2, 0.25) is 11.7 Å². The van der Waals surface area contributed by atoms with Crippen molar-refractivity contribution in [2.45, 2.75) is 18.9 Å². The van der Waals surface area contributed by atoms with Crippen molar-refractivity contribution in [1.29, 1.82) is 0 Å². The molecule has 3 aromatic heterocycles. The lowest BCUT2D eigenvalue weighted by Gasteiger charge is -2.23. The third-order valence-corrected chi connectivity index (χ3v) is 6.02. The fourth-order valence-electron chi connectivity index (χ4n) is 4.31. The zero-order valence-electron chi connectivity index (χ0n) is 19.3. The van der Waals surface area contributed by atoms with Crippen LogP contribution in [0.5, 0.6) is 17.2 Å². The number of fused-ring (bicyclic) bond motifs is 1. The number of imidazole rings is 1. The SMILES string of the molecule is COc1cc(-n2cnc(Nc3nc(N4CCCC4CO)nc4cc[nH]c34)c2)cc(OC)c1OC. The molecule has 0 spiro atoms. The van der Waals surface area contributed by atoms with Gasteiger partial charge in [-0.1, -0.05) is 0 Å². The first-order valence-electron chi connectivity index (χ1n) is 11.0. The number of methoxy groups -OCH3 is 3. The Hall–Kier alpha value is -3.99. The van der Waals surface area contributed by atoms with Gasteiger partial charge >= 0.3 is 0 Å². The molecule has 34 heavy (non-hydrogen) atoms. The van der Waals surface area contributed by atoms with Crippen LogP contribution >= 0.6 is 0 Å². The van der Waals surface area contributed by atoms with Crippen LogP contribution in [0.4, 0.5) is 17.6 Å². The van der Waals surface area contributed by atoms with E-state index in [9.17, 15) is 5.11 Å². The highest BCUT2D eigenvalue weighted by Crippen LogP contribution is 2.39. The number of aliphatic hydroxyl groups excluding tert-OH is 1. The van der Waals surface area contributed by atoms with Crippen LogP contribution in [-0.2, 0) is 0 Å². The quantitative estimate of drug-likeness (QED) is 0.360. The van der Waals surface area contributed by atoms with Gasteiger partial charge in [-0.2, -0.15) is 4.98 Å². The first-order chi connectivity index (χ1) is 16.6. The molecule has 1 fully saturated rings. The molecule has 0 amide bonds. The van der Waals surface area contributed by atoms with Gasteiger partial charge < -0.3 is 39.1 Å². The van der Waals surface area contributed by atoms with Crippen LogP contribution in [0.3, 0.4) is 0 Å². The zero-order valence-corrected chi connectivity index (χ0v) is 19.3. The molecule has 0 bridgehead atoms. The highest BCUT2D eigenvalue weighted by Gasteiger charge is 2.27. The second-order valence-electron chi connectivity index (χ2n) is 7.96. The topological polar surface area (TPSA) is 123 Å². The number of anilines is 3. The van der Waals surface area contributed by atoms with E-state index in [1.807, 2.05) is 35.2 Å². The number of hydrogen-bond acceptors (Lipinski definition) is 9. The van der Waals surface area contributed by atoms with Gasteiger partial charge in [-0.05, 0) is 18.9 Å². The molecular formula is C23H27N7O4. The molecule has 1 aliphatic rings. The summed E-state index contributed by atoms with van der Waals surface area (Å²) in [5, 5.41) is 13.0. The van der Waals surface area contributed by atoms with Crippen LogP contribution in [0.2, 0.25) is 0 Å². The van der Waals surface area contributed by atoms with Crippen LogP contribution in [-0.4, -0.2) is 70.1 Å². The maximum atomic E-state index is 9.74. The van der Waals surface area contributed by atoms with Crippen molar-refractivity contribution < 1.29 is 19.3 Å². The number of rotatable bonds is 8. The number of nitrogens with one attached hydrogen (secondary N) is 2. The van der Waals surface area contributed by atoms with Crippen molar-refractivity contribution in [2.24, 2.45) is 0 Å². The van der Waals surface area contributed by atoms with E-state index in [1.54, 1.807) is 27.7 Å². The Bertz CT molecular complexity index is 1280. The fourth-order valence-corrected chi connectivity index (χ4v) is 4.31. The maximum absolute atomic E-state index is 9.74. The predicted octanol–water partition coefficient (Wildman–Crippen LogP) is 2.87. The van der Waals surface area contributed by atoms with Crippen LogP contribution in [0.15, 0.2) is 36.9 Å². The number of hydrogen-bond donors (Lipinski definition) is 3. The minimum Gasteiger partial charge on any atom is -0.493 e. The van der Waals surface area contributed by atoms with Crippen molar-refractivity contribution in [3.63, 3.8) is 0 Å². The van der Waals surface area contributed by atoms with E-state index in [0.717, 1.165) is 36.1 Å². The molecule has 4 heterocycles. The molecule has 178 valence electrons. The standard InChI is InChI=1S/C23H27N7O4/c1-32-17-9-15(10-18(33-2)21(17)34-3)29-11-19(25-13-29)27-22-20-16(6-7-24-20)26-23(28-22)30-8-4-5-14(30)12-31/h6-7,9-11,13-14,24,31H,4-5,8,12H2,1-3H3,(H,26,27,28). The molecule has 0 saturated carbocycles. The first kappa shape index (κ1) is 21.8. The molecule has 0 radical (unpaired) electrons. The normalized spacial score (nSPS) is 15.6. The van der Waals surface area contributed by atoms with Gasteiger partial charge in [-0.25, -0.2) is 9.97 Å². The van der Waals surface area contributed by atoms with Crippen molar-refractivity contribution >= 4 is 28.6 Å². The second-order valence-corrected chi connectivity index (χ2v) is 7.96. The smallest absolute Gasteiger partial charge is 0.228 e. The average Bonchev–Trinajstić information content (AvgIpc) is 3.63. The van der Waals surface area contributed by atoms with E-state index in [-0.39, 0.29) is 12.6 Å². The van der Waals surface area contributed by atoms with Gasteiger partial charge in [0.15, 0.2) is 17.3 Å². The molecule has 11 nitrogen and oxygen atoms in total. The summed E-state index contributed by atoms with van der Waals surface area (Å²) in [6.07, 6.45) is 7.30. The van der Waals surface area contributed by atoms with Crippen molar-refractivity contribution in [3.8, 4) is 22.9 Å². The lowest BCUT2D eigenvalue weighted by atomic mass is 10.2. The van der Waals surface area contributed by atoms with E-state index in [2.05, 4.69) is 20.2 Å². The van der Waals surface area contributed by atoms with Crippen molar-refractivity contribution in [3.05, 3.63) is 36.9 Å². The molecular weight excluding hydrogens is 438 g/mol. The van der Waals surface area contributed by atoms with E-state index in [4.69, 9.17) is 24.2 Å². The number of benzene rings is 1. The number of aliphatic hydroxyl groups is 1. The molecule has 1 aromatic carbocycles. The number of H-pyrrole nitrogens is 1. The Kier molecular flexibility index (Phi) is 5.84. The molecule has 3 N–H and O–H groups in total. The molecule has 4 aromatic rings. The van der Waals surface area contributed by atoms with Crippen molar-refractivity contribution in [2.75, 3.05) is 44.7 Å². The van der Waals surface area contributed by atoms with Crippen LogP contribution < -0.4 is 24.4 Å². The third kappa shape index (κ3) is 3.83. The van der Waals surface area contributed by atoms with Crippen LogP contribution in [0.25, 0.3) is 16.7 Å². The second kappa shape index (κ2) is 9.10. The summed E-state index contributed by atoms with van der Waals surface area (Å²) in [6.45, 7) is 0.896. The molecule has 1 saturated heterocycles. The summed E-state index contributed by atoms with van der Waals surface area (Å²) in [4.78, 5) is 19.2. The fraction of sp³-hybridized carbons (Fsp3) is 0.348. The lowest BCUT2D eigenvalue weighted by Crippen LogP contribution is -2.33. The largest absolute Gasteiger partial charge is 0.493 e. The van der Waals surface area contributed by atoms with E-state index in [0.29, 0.717) is 34.8 Å². The van der Waals surface area contributed by atoms with E-state index < -0.39 is 0 Å². The Morgan fingerprint density at radius 1 is 1.15 bits per heavy atom. The minimum absolute atomic E-state index is 0.0310. The van der Waals surface area contributed by atoms with Crippen LogP contribution in [0.1, 0.15) is 12.8 Å². The van der Waals surface area contributed by atoms with Gasteiger partial charge in [0.1, 0.15) is 17.7 Å². The third-order valence-electron chi connectivity index (χ3n) is 6.02. The molecule has 1 aliphatic heterocycles. The van der Waals surface area contributed by atoms with Crippen LogP contribution in [0, 0.1) is 0 Å². The Morgan fingerprint density at radius 2 is 1.94 bits per heavy atom. The lowest BCUT2D eigenvalue weighted by molar-refractivity contribution is 0.265. The molecule has 1 atom stereocenters. The molecule has 1 unspecified atom stereocenters. The Morgan fingerprint density at radius 3 is 2.65 bits per heavy atom. The van der Waals surface area contributed by atoms with E-state index >= 15 is 0 Å². The zero-order chi connectivity index (χ0) is 23.7. The van der Waals surface area contributed by atoms with Gasteiger partial charge in [0.05, 0.1) is 51.4 Å². The summed E-state index contributed by atoms with van der Waals surface area (Å²) in [5.41, 5.74) is 2.37. The highest BCUT2D eigenvalue weighted by molar-refractivity contribution is 5.88. The summed E-state index contributed by atoms with van der Waals surface area (Å²) in [5.74, 6) is 3.45. The monoisotopic (exact) mass is 465 g/mol.